The highest BCUT2D eigenvalue weighted by Gasteiger charge is 2.11. The lowest BCUT2D eigenvalue weighted by Crippen LogP contribution is -2.03. The Labute approximate surface area is 121 Å². The molecule has 2 aromatic carbocycles. The second-order valence-corrected chi connectivity index (χ2v) is 5.16. The van der Waals surface area contributed by atoms with E-state index < -0.39 is 11.4 Å². The molecule has 0 aliphatic carbocycles. The maximum absolute atomic E-state index is 13.4. The SMILES string of the molecule is O=c1oc2c(Br)cc(F)cc2cc1-c1cccc(O)c1. The lowest BCUT2D eigenvalue weighted by molar-refractivity contribution is 0.475. The van der Waals surface area contributed by atoms with E-state index >= 15 is 0 Å². The van der Waals surface area contributed by atoms with Crippen molar-refractivity contribution in [3.05, 3.63) is 63.2 Å². The molecule has 0 saturated carbocycles. The summed E-state index contributed by atoms with van der Waals surface area (Å²) in [5.41, 5.74) is 0.530. The summed E-state index contributed by atoms with van der Waals surface area (Å²) in [4.78, 5) is 12.0. The number of hydrogen-bond donors (Lipinski definition) is 1. The van der Waals surface area contributed by atoms with Gasteiger partial charge in [0, 0.05) is 5.39 Å². The Hall–Kier alpha value is -2.14. The first-order valence-electron chi connectivity index (χ1n) is 5.77. The van der Waals surface area contributed by atoms with E-state index in [-0.39, 0.29) is 11.3 Å². The fraction of sp³-hybridized carbons (Fsp3) is 0. The maximum Gasteiger partial charge on any atom is 0.344 e. The number of benzene rings is 2. The van der Waals surface area contributed by atoms with Gasteiger partial charge in [-0.25, -0.2) is 9.18 Å². The zero-order valence-corrected chi connectivity index (χ0v) is 11.6. The summed E-state index contributed by atoms with van der Waals surface area (Å²) in [6.07, 6.45) is 0. The van der Waals surface area contributed by atoms with Crippen LogP contribution in [0.25, 0.3) is 22.1 Å². The molecular formula is C15H8BrFO3. The van der Waals surface area contributed by atoms with Gasteiger partial charge in [0.05, 0.1) is 10.0 Å². The molecule has 0 atom stereocenters. The number of hydrogen-bond acceptors (Lipinski definition) is 3. The van der Waals surface area contributed by atoms with Crippen molar-refractivity contribution in [3.63, 3.8) is 0 Å². The number of phenols is 1. The van der Waals surface area contributed by atoms with Crippen molar-refractivity contribution < 1.29 is 13.9 Å². The largest absolute Gasteiger partial charge is 0.508 e. The van der Waals surface area contributed by atoms with Gasteiger partial charge in [0.1, 0.15) is 11.6 Å². The Morgan fingerprint density at radius 2 is 1.95 bits per heavy atom. The average molecular weight is 335 g/mol. The molecule has 0 fully saturated rings. The predicted octanol–water partition coefficient (Wildman–Crippen LogP) is 4.07. The lowest BCUT2D eigenvalue weighted by atomic mass is 10.1. The van der Waals surface area contributed by atoms with Crippen LogP contribution in [0.15, 0.2) is 56.1 Å². The summed E-state index contributed by atoms with van der Waals surface area (Å²) in [6, 6.07) is 10.3. The summed E-state index contributed by atoms with van der Waals surface area (Å²) in [6.45, 7) is 0. The van der Waals surface area contributed by atoms with Gasteiger partial charge in [-0.15, -0.1) is 0 Å². The zero-order valence-electron chi connectivity index (χ0n) is 10.1. The van der Waals surface area contributed by atoms with Crippen LogP contribution in [0.3, 0.4) is 0 Å². The molecule has 1 N–H and O–H groups in total. The second-order valence-electron chi connectivity index (χ2n) is 4.30. The van der Waals surface area contributed by atoms with Crippen LogP contribution in [0.2, 0.25) is 0 Å². The van der Waals surface area contributed by atoms with Crippen LogP contribution in [-0.4, -0.2) is 5.11 Å². The number of aromatic hydroxyl groups is 1. The summed E-state index contributed by atoms with van der Waals surface area (Å²) in [5.74, 6) is -0.387. The van der Waals surface area contributed by atoms with Crippen molar-refractivity contribution in [2.45, 2.75) is 0 Å². The minimum Gasteiger partial charge on any atom is -0.508 e. The number of rotatable bonds is 1. The molecule has 20 heavy (non-hydrogen) atoms. The van der Waals surface area contributed by atoms with Gasteiger partial charge in [-0.05, 0) is 51.8 Å². The Morgan fingerprint density at radius 1 is 1.15 bits per heavy atom. The average Bonchev–Trinajstić information content (AvgIpc) is 2.39. The van der Waals surface area contributed by atoms with Gasteiger partial charge in [0.2, 0.25) is 0 Å². The summed E-state index contributed by atoms with van der Waals surface area (Å²) in [5, 5.41) is 9.93. The molecule has 0 spiro atoms. The molecule has 3 rings (SSSR count). The predicted molar refractivity (Wildman–Crippen MR) is 77.2 cm³/mol. The van der Waals surface area contributed by atoms with E-state index in [2.05, 4.69) is 15.9 Å². The maximum atomic E-state index is 13.4. The fourth-order valence-corrected chi connectivity index (χ4v) is 2.56. The molecule has 0 aliphatic rings. The van der Waals surface area contributed by atoms with Crippen molar-refractivity contribution in [2.24, 2.45) is 0 Å². The highest BCUT2D eigenvalue weighted by atomic mass is 79.9. The van der Waals surface area contributed by atoms with E-state index in [9.17, 15) is 14.3 Å². The minimum absolute atomic E-state index is 0.0439. The number of halogens is 2. The van der Waals surface area contributed by atoms with Gasteiger partial charge >= 0.3 is 5.63 Å². The normalized spacial score (nSPS) is 10.9. The van der Waals surface area contributed by atoms with Crippen LogP contribution in [0.1, 0.15) is 0 Å². The highest BCUT2D eigenvalue weighted by molar-refractivity contribution is 9.10. The molecule has 0 aliphatic heterocycles. The Bertz CT molecular complexity index is 871. The smallest absolute Gasteiger partial charge is 0.344 e. The van der Waals surface area contributed by atoms with Crippen molar-refractivity contribution in [1.29, 1.82) is 0 Å². The molecule has 1 aromatic heterocycles. The van der Waals surface area contributed by atoms with Crippen molar-refractivity contribution in [1.82, 2.24) is 0 Å². The molecule has 0 amide bonds. The van der Waals surface area contributed by atoms with Crippen molar-refractivity contribution in [2.75, 3.05) is 0 Å². The third-order valence-electron chi connectivity index (χ3n) is 2.91. The Balaban J connectivity index is 2.32. The van der Waals surface area contributed by atoms with Crippen LogP contribution in [0, 0.1) is 5.82 Å². The molecule has 100 valence electrons. The quantitative estimate of drug-likeness (QED) is 0.682. The first-order valence-corrected chi connectivity index (χ1v) is 6.56. The first-order chi connectivity index (χ1) is 9.54. The lowest BCUT2D eigenvalue weighted by Gasteiger charge is -2.04. The monoisotopic (exact) mass is 334 g/mol. The van der Waals surface area contributed by atoms with Gasteiger partial charge in [-0.1, -0.05) is 12.1 Å². The third-order valence-corrected chi connectivity index (χ3v) is 3.50. The van der Waals surface area contributed by atoms with Crippen LogP contribution >= 0.6 is 15.9 Å². The fourth-order valence-electron chi connectivity index (χ4n) is 2.03. The molecule has 3 nitrogen and oxygen atoms in total. The summed E-state index contributed by atoms with van der Waals surface area (Å²) >= 11 is 3.16. The van der Waals surface area contributed by atoms with Crippen LogP contribution in [0.5, 0.6) is 5.75 Å². The summed E-state index contributed by atoms with van der Waals surface area (Å²) in [7, 11) is 0. The zero-order chi connectivity index (χ0) is 14.3. The van der Waals surface area contributed by atoms with Crippen molar-refractivity contribution >= 4 is 26.9 Å². The summed E-state index contributed by atoms with van der Waals surface area (Å²) < 4.78 is 19.0. The molecule has 0 bridgehead atoms. The van der Waals surface area contributed by atoms with E-state index in [1.807, 2.05) is 0 Å². The van der Waals surface area contributed by atoms with Crippen molar-refractivity contribution in [3.8, 4) is 16.9 Å². The number of phenolic OH excluding ortho intramolecular Hbond substituents is 1. The molecule has 0 saturated heterocycles. The molecular weight excluding hydrogens is 327 g/mol. The Morgan fingerprint density at radius 3 is 2.70 bits per heavy atom. The van der Waals surface area contributed by atoms with Gasteiger partial charge < -0.3 is 9.52 Å². The number of fused-ring (bicyclic) bond motifs is 1. The first kappa shape index (κ1) is 12.9. The molecule has 5 heteroatoms. The Kier molecular flexibility index (Phi) is 3.06. The molecule has 3 aromatic rings. The van der Waals surface area contributed by atoms with Gasteiger partial charge in [-0.3, -0.25) is 0 Å². The second kappa shape index (κ2) is 4.76. The van der Waals surface area contributed by atoms with E-state index in [1.54, 1.807) is 18.2 Å². The van der Waals surface area contributed by atoms with Gasteiger partial charge in [-0.2, -0.15) is 0 Å². The van der Waals surface area contributed by atoms with Gasteiger partial charge in [0.25, 0.3) is 0 Å². The third kappa shape index (κ3) is 2.20. The topological polar surface area (TPSA) is 50.4 Å². The standard InChI is InChI=1S/C15H8BrFO3/c16-13-7-10(17)4-9-6-12(15(19)20-14(9)13)8-2-1-3-11(18)5-8/h1-7,18H. The van der Waals surface area contributed by atoms with Crippen LogP contribution < -0.4 is 5.63 Å². The van der Waals surface area contributed by atoms with Crippen LogP contribution in [-0.2, 0) is 0 Å². The molecule has 0 radical (unpaired) electrons. The van der Waals surface area contributed by atoms with Crippen LogP contribution in [0.4, 0.5) is 4.39 Å². The van der Waals surface area contributed by atoms with E-state index in [1.165, 1.54) is 24.3 Å². The molecule has 0 unspecified atom stereocenters. The van der Waals surface area contributed by atoms with E-state index in [4.69, 9.17) is 4.42 Å². The highest BCUT2D eigenvalue weighted by Crippen LogP contribution is 2.28. The van der Waals surface area contributed by atoms with E-state index in [0.717, 1.165) is 0 Å². The van der Waals surface area contributed by atoms with Gasteiger partial charge in [0.15, 0.2) is 5.58 Å². The van der Waals surface area contributed by atoms with E-state index in [0.29, 0.717) is 21.0 Å². The minimum atomic E-state index is -0.546. The molecule has 1 heterocycles.